The molecule has 0 unspecified atom stereocenters. The Labute approximate surface area is 203 Å². The van der Waals surface area contributed by atoms with Gasteiger partial charge in [0.1, 0.15) is 0 Å². The fourth-order valence-electron chi connectivity index (χ4n) is 4.24. The molecule has 8 heteroatoms. The first-order chi connectivity index (χ1) is 16.5. The topological polar surface area (TPSA) is 88.4 Å². The number of hydrogen-bond donors (Lipinski definition) is 1. The summed E-state index contributed by atoms with van der Waals surface area (Å²) < 4.78 is 11.0. The minimum atomic E-state index is -1.01. The van der Waals surface area contributed by atoms with Crippen LogP contribution in [0, 0.1) is 0 Å². The molecular formula is C26H28N2O5S. The summed E-state index contributed by atoms with van der Waals surface area (Å²) in [6.07, 6.45) is 7.05. The summed E-state index contributed by atoms with van der Waals surface area (Å²) in [6, 6.07) is 12.1. The molecule has 0 spiro atoms. The molecule has 1 saturated carbocycles. The molecule has 0 aromatic heterocycles. The molecular weight excluding hydrogens is 452 g/mol. The fourth-order valence-corrected chi connectivity index (χ4v) is 5.30. The predicted octanol–water partition coefficient (Wildman–Crippen LogP) is 5.73. The summed E-state index contributed by atoms with van der Waals surface area (Å²) in [5, 5.41) is 9.91. The first-order valence-electron chi connectivity index (χ1n) is 11.5. The van der Waals surface area contributed by atoms with Crippen molar-refractivity contribution in [3.63, 3.8) is 0 Å². The Morgan fingerprint density at radius 1 is 1.18 bits per heavy atom. The molecule has 1 heterocycles. The number of rotatable bonds is 7. The van der Waals surface area contributed by atoms with Crippen molar-refractivity contribution in [1.29, 1.82) is 0 Å². The lowest BCUT2D eigenvalue weighted by atomic mass is 9.94. The van der Waals surface area contributed by atoms with Crippen molar-refractivity contribution in [2.24, 2.45) is 4.99 Å². The molecule has 2 aromatic rings. The standard InChI is InChI=1S/C26H28N2O5S/c1-3-33-21-13-12-17(14-22(21)32-2)15-23-24(29)28(20-10-5-4-6-11-20)26(34-23)27-19-9-7-8-18(16-19)25(30)31/h7-9,12-16,20H,3-6,10-11H2,1-2H3,(H,30,31)/b23-15-,27-26?. The lowest BCUT2D eigenvalue weighted by molar-refractivity contribution is -0.124. The van der Waals surface area contributed by atoms with Gasteiger partial charge in [0.2, 0.25) is 0 Å². The predicted molar refractivity (Wildman–Crippen MR) is 134 cm³/mol. The molecule has 2 aromatic carbocycles. The van der Waals surface area contributed by atoms with E-state index in [1.807, 2.05) is 31.2 Å². The van der Waals surface area contributed by atoms with E-state index >= 15 is 0 Å². The van der Waals surface area contributed by atoms with Crippen molar-refractivity contribution < 1.29 is 24.2 Å². The van der Waals surface area contributed by atoms with Crippen LogP contribution in [0.2, 0.25) is 0 Å². The zero-order valence-corrected chi connectivity index (χ0v) is 20.1. The number of amides is 1. The highest BCUT2D eigenvalue weighted by Gasteiger charge is 2.38. The minimum absolute atomic E-state index is 0.0714. The van der Waals surface area contributed by atoms with Crippen molar-refractivity contribution in [2.75, 3.05) is 13.7 Å². The number of amidine groups is 1. The number of benzene rings is 2. The second-order valence-corrected chi connectivity index (χ2v) is 9.18. The van der Waals surface area contributed by atoms with Crippen LogP contribution in [0.5, 0.6) is 11.5 Å². The number of carbonyl (C=O) groups is 2. The number of carbonyl (C=O) groups excluding carboxylic acids is 1. The van der Waals surface area contributed by atoms with Crippen LogP contribution in [-0.2, 0) is 4.79 Å². The SMILES string of the molecule is CCOc1ccc(/C=C2\SC(=Nc3cccc(C(=O)O)c3)N(C3CCCCC3)C2=O)cc1OC. The second kappa shape index (κ2) is 10.8. The van der Waals surface area contributed by atoms with Gasteiger partial charge in [-0.25, -0.2) is 9.79 Å². The van der Waals surface area contributed by atoms with E-state index < -0.39 is 5.97 Å². The third-order valence-corrected chi connectivity index (χ3v) is 6.86. The van der Waals surface area contributed by atoms with E-state index in [0.29, 0.717) is 33.9 Å². The summed E-state index contributed by atoms with van der Waals surface area (Å²) in [5.74, 6) is 0.182. The van der Waals surface area contributed by atoms with E-state index in [1.54, 1.807) is 24.1 Å². The molecule has 0 radical (unpaired) electrons. The van der Waals surface area contributed by atoms with Gasteiger partial charge in [-0.2, -0.15) is 0 Å². The van der Waals surface area contributed by atoms with Gasteiger partial charge in [0.05, 0.1) is 29.9 Å². The molecule has 4 rings (SSSR count). The Balaban J connectivity index is 1.70. The molecule has 2 fully saturated rings. The monoisotopic (exact) mass is 480 g/mol. The molecule has 2 aliphatic rings. The van der Waals surface area contributed by atoms with E-state index in [0.717, 1.165) is 31.2 Å². The number of methoxy groups -OCH3 is 1. The zero-order valence-electron chi connectivity index (χ0n) is 19.3. The summed E-state index contributed by atoms with van der Waals surface area (Å²) in [4.78, 5) is 32.0. The number of nitrogens with zero attached hydrogens (tertiary/aromatic N) is 2. The van der Waals surface area contributed by atoms with Crippen molar-refractivity contribution in [2.45, 2.75) is 45.1 Å². The number of thioether (sulfide) groups is 1. The van der Waals surface area contributed by atoms with Crippen molar-refractivity contribution in [3.8, 4) is 11.5 Å². The molecule has 7 nitrogen and oxygen atoms in total. The summed E-state index contributed by atoms with van der Waals surface area (Å²) in [5.41, 5.74) is 1.51. The Bertz CT molecular complexity index is 1140. The van der Waals surface area contributed by atoms with Crippen molar-refractivity contribution in [3.05, 3.63) is 58.5 Å². The number of carboxylic acids is 1. The molecule has 1 aliphatic heterocycles. The Morgan fingerprint density at radius 3 is 2.68 bits per heavy atom. The van der Waals surface area contributed by atoms with Crippen LogP contribution in [0.15, 0.2) is 52.4 Å². The highest BCUT2D eigenvalue weighted by Crippen LogP contribution is 2.39. The normalized spacial score (nSPS) is 19.1. The highest BCUT2D eigenvalue weighted by molar-refractivity contribution is 8.18. The van der Waals surface area contributed by atoms with Crippen LogP contribution >= 0.6 is 11.8 Å². The number of aromatic carboxylic acids is 1. The zero-order chi connectivity index (χ0) is 24.1. The van der Waals surface area contributed by atoms with Gasteiger partial charge in [0.25, 0.3) is 5.91 Å². The third-order valence-electron chi connectivity index (χ3n) is 5.88. The van der Waals surface area contributed by atoms with E-state index in [2.05, 4.69) is 0 Å². The molecule has 178 valence electrons. The van der Waals surface area contributed by atoms with E-state index in [-0.39, 0.29) is 17.5 Å². The maximum absolute atomic E-state index is 13.5. The summed E-state index contributed by atoms with van der Waals surface area (Å²) in [6.45, 7) is 2.44. The maximum Gasteiger partial charge on any atom is 0.335 e. The van der Waals surface area contributed by atoms with Gasteiger partial charge in [-0.1, -0.05) is 31.4 Å². The van der Waals surface area contributed by atoms with Crippen molar-refractivity contribution in [1.82, 2.24) is 4.90 Å². The van der Waals surface area contributed by atoms with Gasteiger partial charge >= 0.3 is 5.97 Å². The molecule has 0 bridgehead atoms. The lowest BCUT2D eigenvalue weighted by Gasteiger charge is -2.30. The lowest BCUT2D eigenvalue weighted by Crippen LogP contribution is -2.40. The molecule has 34 heavy (non-hydrogen) atoms. The number of hydrogen-bond acceptors (Lipinski definition) is 6. The Hall–Kier alpha value is -3.26. The Morgan fingerprint density at radius 2 is 1.97 bits per heavy atom. The van der Waals surface area contributed by atoms with Gasteiger partial charge < -0.3 is 14.6 Å². The maximum atomic E-state index is 13.5. The fraction of sp³-hybridized carbons (Fsp3) is 0.346. The van der Waals surface area contributed by atoms with Crippen molar-refractivity contribution >= 4 is 40.6 Å². The van der Waals surface area contributed by atoms with Gasteiger partial charge in [-0.3, -0.25) is 9.69 Å². The summed E-state index contributed by atoms with van der Waals surface area (Å²) in [7, 11) is 1.59. The van der Waals surface area contributed by atoms with Crippen LogP contribution in [0.4, 0.5) is 5.69 Å². The number of aliphatic imine (C=N–C) groups is 1. The van der Waals surface area contributed by atoms with E-state index in [4.69, 9.17) is 14.5 Å². The van der Waals surface area contributed by atoms with Crippen LogP contribution in [0.25, 0.3) is 6.08 Å². The van der Waals surface area contributed by atoms with Gasteiger partial charge in [0.15, 0.2) is 16.7 Å². The molecule has 1 amide bonds. The first kappa shape index (κ1) is 23.9. The van der Waals surface area contributed by atoms with Crippen LogP contribution in [-0.4, -0.2) is 46.8 Å². The quantitative estimate of drug-likeness (QED) is 0.509. The second-order valence-electron chi connectivity index (χ2n) is 8.17. The summed E-state index contributed by atoms with van der Waals surface area (Å²) >= 11 is 1.32. The molecule has 1 N–H and O–H groups in total. The van der Waals surface area contributed by atoms with E-state index in [1.165, 1.54) is 30.3 Å². The highest BCUT2D eigenvalue weighted by atomic mass is 32.2. The van der Waals surface area contributed by atoms with Crippen LogP contribution < -0.4 is 9.47 Å². The van der Waals surface area contributed by atoms with Crippen LogP contribution in [0.1, 0.15) is 54.9 Å². The average molecular weight is 481 g/mol. The smallest absolute Gasteiger partial charge is 0.335 e. The number of carboxylic acid groups (broad SMARTS) is 1. The first-order valence-corrected chi connectivity index (χ1v) is 12.3. The Kier molecular flexibility index (Phi) is 7.57. The average Bonchev–Trinajstić information content (AvgIpc) is 3.15. The third kappa shape index (κ3) is 5.28. The molecule has 1 saturated heterocycles. The largest absolute Gasteiger partial charge is 0.493 e. The van der Waals surface area contributed by atoms with Gasteiger partial charge in [-0.15, -0.1) is 0 Å². The van der Waals surface area contributed by atoms with E-state index in [9.17, 15) is 14.7 Å². The van der Waals surface area contributed by atoms with Gasteiger partial charge in [-0.05, 0) is 73.5 Å². The number of ether oxygens (including phenoxy) is 2. The van der Waals surface area contributed by atoms with Crippen LogP contribution in [0.3, 0.4) is 0 Å². The minimum Gasteiger partial charge on any atom is -0.493 e. The molecule has 1 aliphatic carbocycles. The molecule has 0 atom stereocenters. The van der Waals surface area contributed by atoms with Gasteiger partial charge in [0, 0.05) is 6.04 Å².